The molecule has 0 aliphatic carbocycles. The summed E-state index contributed by atoms with van der Waals surface area (Å²) >= 11 is 1.74. The van der Waals surface area contributed by atoms with Gasteiger partial charge in [0.25, 0.3) is 0 Å². The Morgan fingerprint density at radius 2 is 2.12 bits per heavy atom. The predicted molar refractivity (Wildman–Crippen MR) is 73.4 cm³/mol. The lowest BCUT2D eigenvalue weighted by atomic mass is 10.0. The Hall–Kier alpha value is -1.19. The van der Waals surface area contributed by atoms with Gasteiger partial charge in [0, 0.05) is 17.1 Å². The Balaban J connectivity index is 1.95. The lowest BCUT2D eigenvalue weighted by Crippen LogP contribution is -2.25. The van der Waals surface area contributed by atoms with Crippen molar-refractivity contribution in [3.63, 3.8) is 0 Å². The van der Waals surface area contributed by atoms with E-state index in [2.05, 4.69) is 36.2 Å². The molecule has 1 unspecified atom stereocenters. The minimum absolute atomic E-state index is 0.177. The lowest BCUT2D eigenvalue weighted by Gasteiger charge is -2.10. The molecular weight excluding hydrogens is 228 g/mol. The van der Waals surface area contributed by atoms with Crippen LogP contribution in [-0.4, -0.2) is 11.0 Å². The maximum atomic E-state index is 6.18. The number of aromatic nitrogens is 1. The minimum atomic E-state index is 0.177. The van der Waals surface area contributed by atoms with E-state index in [0.717, 1.165) is 17.8 Å². The second kappa shape index (κ2) is 5.43. The lowest BCUT2D eigenvalue weighted by molar-refractivity contribution is 0.670. The van der Waals surface area contributed by atoms with Crippen molar-refractivity contribution in [2.45, 2.75) is 32.7 Å². The van der Waals surface area contributed by atoms with Gasteiger partial charge >= 0.3 is 0 Å². The van der Waals surface area contributed by atoms with Crippen molar-refractivity contribution >= 4 is 11.3 Å². The van der Waals surface area contributed by atoms with Gasteiger partial charge in [-0.2, -0.15) is 0 Å². The van der Waals surface area contributed by atoms with Crippen molar-refractivity contribution in [3.05, 3.63) is 51.5 Å². The number of thiazole rings is 1. The maximum absolute atomic E-state index is 6.18. The molecular formula is C14H18N2S. The van der Waals surface area contributed by atoms with Gasteiger partial charge in [0.1, 0.15) is 0 Å². The Labute approximate surface area is 107 Å². The van der Waals surface area contributed by atoms with Crippen LogP contribution in [0.15, 0.2) is 30.5 Å². The third-order valence-electron chi connectivity index (χ3n) is 2.71. The van der Waals surface area contributed by atoms with Gasteiger partial charge in [-0.25, -0.2) is 4.98 Å². The fraction of sp³-hybridized carbons (Fsp3) is 0.357. The highest BCUT2D eigenvalue weighted by Gasteiger charge is 2.07. The van der Waals surface area contributed by atoms with Crippen LogP contribution in [0.3, 0.4) is 0 Å². The molecule has 90 valence electrons. The Morgan fingerprint density at radius 3 is 2.76 bits per heavy atom. The SMILES string of the molecule is Cc1cccc(CC(N)Cc2cnc(C)s2)c1. The summed E-state index contributed by atoms with van der Waals surface area (Å²) in [7, 11) is 0. The molecule has 2 rings (SSSR count). The van der Waals surface area contributed by atoms with E-state index in [1.807, 2.05) is 13.1 Å². The van der Waals surface area contributed by atoms with Crippen LogP contribution in [0, 0.1) is 13.8 Å². The Kier molecular flexibility index (Phi) is 3.92. The number of aryl methyl sites for hydroxylation is 2. The number of hydrogen-bond acceptors (Lipinski definition) is 3. The fourth-order valence-corrected chi connectivity index (χ4v) is 2.86. The van der Waals surface area contributed by atoms with Crippen LogP contribution < -0.4 is 5.73 Å². The van der Waals surface area contributed by atoms with E-state index in [9.17, 15) is 0 Å². The highest BCUT2D eigenvalue weighted by Crippen LogP contribution is 2.15. The zero-order chi connectivity index (χ0) is 12.3. The first-order valence-electron chi connectivity index (χ1n) is 5.86. The summed E-state index contributed by atoms with van der Waals surface area (Å²) < 4.78 is 0. The standard InChI is InChI=1S/C14H18N2S/c1-10-4-3-5-12(6-10)7-13(15)8-14-9-16-11(2)17-14/h3-6,9,13H,7-8,15H2,1-2H3. The van der Waals surface area contributed by atoms with Gasteiger partial charge in [-0.3, -0.25) is 0 Å². The number of benzene rings is 1. The topological polar surface area (TPSA) is 38.9 Å². The quantitative estimate of drug-likeness (QED) is 0.901. The van der Waals surface area contributed by atoms with Gasteiger partial charge < -0.3 is 5.73 Å². The van der Waals surface area contributed by atoms with Crippen molar-refractivity contribution < 1.29 is 0 Å². The van der Waals surface area contributed by atoms with Crippen LogP contribution in [0.2, 0.25) is 0 Å². The second-order valence-electron chi connectivity index (χ2n) is 4.50. The molecule has 2 N–H and O–H groups in total. The Morgan fingerprint density at radius 1 is 1.29 bits per heavy atom. The van der Waals surface area contributed by atoms with E-state index in [1.54, 1.807) is 11.3 Å². The average molecular weight is 246 g/mol. The van der Waals surface area contributed by atoms with Gasteiger partial charge in [-0.1, -0.05) is 29.8 Å². The van der Waals surface area contributed by atoms with Crippen LogP contribution in [-0.2, 0) is 12.8 Å². The van der Waals surface area contributed by atoms with Crippen molar-refractivity contribution in [2.75, 3.05) is 0 Å². The summed E-state index contributed by atoms with van der Waals surface area (Å²) in [5.74, 6) is 0. The van der Waals surface area contributed by atoms with E-state index < -0.39 is 0 Å². The molecule has 1 atom stereocenters. The summed E-state index contributed by atoms with van der Waals surface area (Å²) in [5, 5.41) is 1.11. The first-order valence-corrected chi connectivity index (χ1v) is 6.67. The number of hydrogen-bond donors (Lipinski definition) is 1. The molecule has 2 aromatic rings. The molecule has 1 aromatic carbocycles. The van der Waals surface area contributed by atoms with Gasteiger partial charge in [0.2, 0.25) is 0 Å². The number of nitrogens with zero attached hydrogens (tertiary/aromatic N) is 1. The highest BCUT2D eigenvalue weighted by atomic mass is 32.1. The molecule has 1 heterocycles. The third kappa shape index (κ3) is 3.65. The minimum Gasteiger partial charge on any atom is -0.327 e. The number of rotatable bonds is 4. The predicted octanol–water partition coefficient (Wildman–Crippen LogP) is 2.87. The first-order chi connectivity index (χ1) is 8.13. The van der Waals surface area contributed by atoms with Crippen LogP contribution in [0.25, 0.3) is 0 Å². The summed E-state index contributed by atoms with van der Waals surface area (Å²) in [6.07, 6.45) is 3.79. The molecule has 0 saturated carbocycles. The van der Waals surface area contributed by atoms with Crippen molar-refractivity contribution in [3.8, 4) is 0 Å². The van der Waals surface area contributed by atoms with Gasteiger partial charge in [0.15, 0.2) is 0 Å². The van der Waals surface area contributed by atoms with Gasteiger partial charge in [-0.05, 0) is 32.3 Å². The van der Waals surface area contributed by atoms with Crippen molar-refractivity contribution in [2.24, 2.45) is 5.73 Å². The van der Waals surface area contributed by atoms with E-state index >= 15 is 0 Å². The summed E-state index contributed by atoms with van der Waals surface area (Å²) in [5.41, 5.74) is 8.79. The van der Waals surface area contributed by atoms with Gasteiger partial charge in [-0.15, -0.1) is 11.3 Å². The van der Waals surface area contributed by atoms with Crippen molar-refractivity contribution in [1.82, 2.24) is 4.98 Å². The monoisotopic (exact) mass is 246 g/mol. The summed E-state index contributed by atoms with van der Waals surface area (Å²) in [6.45, 7) is 4.14. The zero-order valence-electron chi connectivity index (χ0n) is 10.3. The molecule has 0 radical (unpaired) electrons. The first kappa shape index (κ1) is 12.3. The zero-order valence-corrected chi connectivity index (χ0v) is 11.1. The average Bonchev–Trinajstić information content (AvgIpc) is 2.63. The van der Waals surface area contributed by atoms with Crippen molar-refractivity contribution in [1.29, 1.82) is 0 Å². The molecule has 3 heteroatoms. The fourth-order valence-electron chi connectivity index (χ4n) is 1.97. The maximum Gasteiger partial charge on any atom is 0.0896 e. The molecule has 0 fully saturated rings. The molecule has 0 aliphatic rings. The largest absolute Gasteiger partial charge is 0.327 e. The molecule has 0 spiro atoms. The highest BCUT2D eigenvalue weighted by molar-refractivity contribution is 7.11. The van der Waals surface area contributed by atoms with E-state index in [4.69, 9.17) is 5.73 Å². The van der Waals surface area contributed by atoms with Crippen LogP contribution in [0.4, 0.5) is 0 Å². The van der Waals surface area contributed by atoms with E-state index in [0.29, 0.717) is 0 Å². The van der Waals surface area contributed by atoms with E-state index in [-0.39, 0.29) is 6.04 Å². The third-order valence-corrected chi connectivity index (χ3v) is 3.65. The second-order valence-corrected chi connectivity index (χ2v) is 5.82. The normalized spacial score (nSPS) is 12.6. The van der Waals surface area contributed by atoms with Gasteiger partial charge in [0.05, 0.1) is 5.01 Å². The molecule has 0 bridgehead atoms. The summed E-state index contributed by atoms with van der Waals surface area (Å²) in [4.78, 5) is 5.53. The molecule has 0 saturated heterocycles. The molecule has 0 amide bonds. The van der Waals surface area contributed by atoms with Crippen LogP contribution in [0.5, 0.6) is 0 Å². The molecule has 1 aromatic heterocycles. The molecule has 17 heavy (non-hydrogen) atoms. The smallest absolute Gasteiger partial charge is 0.0896 e. The van der Waals surface area contributed by atoms with Crippen LogP contribution in [0.1, 0.15) is 21.0 Å². The summed E-state index contributed by atoms with van der Waals surface area (Å²) in [6, 6.07) is 8.73. The Bertz CT molecular complexity index is 490. The molecule has 0 aliphatic heterocycles. The molecule has 2 nitrogen and oxygen atoms in total. The van der Waals surface area contributed by atoms with E-state index in [1.165, 1.54) is 16.0 Å². The number of nitrogens with two attached hydrogens (primary N) is 1. The van der Waals surface area contributed by atoms with Crippen LogP contribution >= 0.6 is 11.3 Å².